The van der Waals surface area contributed by atoms with Gasteiger partial charge < -0.3 is 19.4 Å². The second-order valence-corrected chi connectivity index (χ2v) is 9.31. The smallest absolute Gasteiger partial charge is 0.257 e. The van der Waals surface area contributed by atoms with E-state index in [4.69, 9.17) is 9.15 Å². The van der Waals surface area contributed by atoms with Gasteiger partial charge in [-0.1, -0.05) is 32.0 Å². The van der Waals surface area contributed by atoms with Crippen LogP contribution in [0.2, 0.25) is 0 Å². The van der Waals surface area contributed by atoms with Gasteiger partial charge in [-0.2, -0.15) is 0 Å². The van der Waals surface area contributed by atoms with Crippen molar-refractivity contribution < 1.29 is 18.7 Å². The van der Waals surface area contributed by atoms with Crippen LogP contribution in [-0.4, -0.2) is 41.9 Å². The molecule has 1 fully saturated rings. The Morgan fingerprint density at radius 1 is 1.19 bits per heavy atom. The molecule has 1 N–H and O–H groups in total. The first-order valence-electron chi connectivity index (χ1n) is 11.2. The van der Waals surface area contributed by atoms with Crippen molar-refractivity contribution in [1.82, 2.24) is 10.2 Å². The highest BCUT2D eigenvalue weighted by Gasteiger charge is 2.44. The number of carbonyl (C=O) groups is 2. The molecular weight excluding hydrogens is 392 g/mol. The summed E-state index contributed by atoms with van der Waals surface area (Å²) in [5, 5.41) is 3.05. The fraction of sp³-hybridized carbons (Fsp3) is 0.520. The van der Waals surface area contributed by atoms with Crippen LogP contribution in [0.25, 0.3) is 0 Å². The molecule has 1 saturated heterocycles. The van der Waals surface area contributed by atoms with E-state index in [-0.39, 0.29) is 23.3 Å². The van der Waals surface area contributed by atoms with Gasteiger partial charge >= 0.3 is 0 Å². The van der Waals surface area contributed by atoms with Crippen molar-refractivity contribution in [3.05, 3.63) is 53.5 Å². The standard InChI is InChI=1S/C25H32N2O4/c1-17(2)16-26-23(28)14-19-15-25(31-22-7-5-4-6-21(19)22)9-11-27(12-10-25)24(29)20-8-13-30-18(20)3/h4-8,13,17,19H,9-12,14-16H2,1-3H3,(H,26,28)/t19-/m1/s1. The number of hydrogen-bond acceptors (Lipinski definition) is 4. The van der Waals surface area contributed by atoms with Gasteiger partial charge in [-0.05, 0) is 37.0 Å². The Bertz CT molecular complexity index is 941. The molecule has 166 valence electrons. The molecule has 31 heavy (non-hydrogen) atoms. The molecule has 2 aliphatic rings. The number of carbonyl (C=O) groups excluding carboxylic acids is 2. The number of rotatable bonds is 5. The minimum absolute atomic E-state index is 0.0157. The van der Waals surface area contributed by atoms with E-state index in [1.165, 1.54) is 0 Å². The summed E-state index contributed by atoms with van der Waals surface area (Å²) in [5.74, 6) is 2.19. The number of piperidine rings is 1. The number of ether oxygens (including phenoxy) is 1. The van der Waals surface area contributed by atoms with Crippen molar-refractivity contribution in [2.45, 2.75) is 58.0 Å². The summed E-state index contributed by atoms with van der Waals surface area (Å²) in [6, 6.07) is 9.80. The van der Waals surface area contributed by atoms with E-state index in [0.29, 0.717) is 43.3 Å². The minimum atomic E-state index is -0.334. The van der Waals surface area contributed by atoms with E-state index >= 15 is 0 Å². The minimum Gasteiger partial charge on any atom is -0.487 e. The molecule has 3 heterocycles. The molecule has 1 spiro atoms. The van der Waals surface area contributed by atoms with Crippen LogP contribution < -0.4 is 10.1 Å². The number of furan rings is 1. The van der Waals surface area contributed by atoms with Crippen molar-refractivity contribution in [3.63, 3.8) is 0 Å². The quantitative estimate of drug-likeness (QED) is 0.777. The number of nitrogens with one attached hydrogen (secondary N) is 1. The normalized spacial score (nSPS) is 19.7. The maximum absolute atomic E-state index is 12.9. The molecule has 2 amide bonds. The van der Waals surface area contributed by atoms with Crippen LogP contribution in [0.3, 0.4) is 0 Å². The maximum Gasteiger partial charge on any atom is 0.257 e. The number of aryl methyl sites for hydroxylation is 1. The Morgan fingerprint density at radius 3 is 2.61 bits per heavy atom. The van der Waals surface area contributed by atoms with Crippen molar-refractivity contribution in [2.75, 3.05) is 19.6 Å². The molecule has 0 radical (unpaired) electrons. The summed E-state index contributed by atoms with van der Waals surface area (Å²) in [6.45, 7) is 7.97. The Labute approximate surface area is 183 Å². The van der Waals surface area contributed by atoms with E-state index < -0.39 is 0 Å². The Morgan fingerprint density at radius 2 is 1.94 bits per heavy atom. The highest BCUT2D eigenvalue weighted by molar-refractivity contribution is 5.95. The van der Waals surface area contributed by atoms with Gasteiger partial charge in [-0.3, -0.25) is 9.59 Å². The van der Waals surface area contributed by atoms with Crippen LogP contribution in [-0.2, 0) is 4.79 Å². The van der Waals surface area contributed by atoms with Gasteiger partial charge in [0, 0.05) is 44.8 Å². The third-order valence-electron chi connectivity index (χ3n) is 6.49. The first kappa shape index (κ1) is 21.5. The first-order chi connectivity index (χ1) is 14.9. The Kier molecular flexibility index (Phi) is 6.08. The summed E-state index contributed by atoms with van der Waals surface area (Å²) in [4.78, 5) is 27.3. The van der Waals surface area contributed by atoms with Gasteiger partial charge in [0.2, 0.25) is 5.91 Å². The zero-order chi connectivity index (χ0) is 22.0. The number of nitrogens with zero attached hydrogens (tertiary/aromatic N) is 1. The summed E-state index contributed by atoms with van der Waals surface area (Å²) in [6.07, 6.45) is 4.34. The third-order valence-corrected chi connectivity index (χ3v) is 6.49. The Balaban J connectivity index is 1.46. The molecule has 0 saturated carbocycles. The van der Waals surface area contributed by atoms with Crippen LogP contribution in [0.5, 0.6) is 5.75 Å². The lowest BCUT2D eigenvalue weighted by molar-refractivity contribution is -0.122. The van der Waals surface area contributed by atoms with Crippen LogP contribution in [0, 0.1) is 12.8 Å². The Hall–Kier alpha value is -2.76. The van der Waals surface area contributed by atoms with E-state index in [9.17, 15) is 9.59 Å². The number of benzene rings is 1. The molecule has 2 aromatic rings. The zero-order valence-corrected chi connectivity index (χ0v) is 18.6. The van der Waals surface area contributed by atoms with Gasteiger partial charge in [-0.25, -0.2) is 0 Å². The number of fused-ring (bicyclic) bond motifs is 1. The number of amides is 2. The van der Waals surface area contributed by atoms with E-state index in [2.05, 4.69) is 25.2 Å². The zero-order valence-electron chi connectivity index (χ0n) is 18.6. The van der Waals surface area contributed by atoms with Gasteiger partial charge in [0.25, 0.3) is 5.91 Å². The van der Waals surface area contributed by atoms with Gasteiger partial charge in [0.1, 0.15) is 17.1 Å². The summed E-state index contributed by atoms with van der Waals surface area (Å²) in [5.41, 5.74) is 1.41. The van der Waals surface area contributed by atoms with Crippen LogP contribution in [0.4, 0.5) is 0 Å². The van der Waals surface area contributed by atoms with Crippen molar-refractivity contribution in [2.24, 2.45) is 5.92 Å². The highest BCUT2D eigenvalue weighted by atomic mass is 16.5. The van der Waals surface area contributed by atoms with E-state index in [1.807, 2.05) is 30.0 Å². The molecule has 2 aliphatic heterocycles. The van der Waals surface area contributed by atoms with Crippen molar-refractivity contribution >= 4 is 11.8 Å². The number of hydrogen-bond donors (Lipinski definition) is 1. The average molecular weight is 425 g/mol. The summed E-state index contributed by atoms with van der Waals surface area (Å²) >= 11 is 0. The number of para-hydroxylation sites is 1. The fourth-order valence-electron chi connectivity index (χ4n) is 4.74. The first-order valence-corrected chi connectivity index (χ1v) is 11.2. The molecule has 0 aliphatic carbocycles. The second kappa shape index (κ2) is 8.77. The van der Waals surface area contributed by atoms with Crippen LogP contribution in [0.1, 0.15) is 67.1 Å². The molecule has 4 rings (SSSR count). The SMILES string of the molecule is Cc1occc1C(=O)N1CCC2(CC1)C[C@@H](CC(=O)NCC(C)C)c1ccccc1O2. The van der Waals surface area contributed by atoms with Crippen molar-refractivity contribution in [3.8, 4) is 5.75 Å². The largest absolute Gasteiger partial charge is 0.487 e. The monoisotopic (exact) mass is 424 g/mol. The van der Waals surface area contributed by atoms with Gasteiger partial charge in [-0.15, -0.1) is 0 Å². The fourth-order valence-corrected chi connectivity index (χ4v) is 4.74. The lowest BCUT2D eigenvalue weighted by Crippen LogP contribution is -2.52. The molecule has 0 unspecified atom stereocenters. The number of likely N-dealkylation sites (tertiary alicyclic amines) is 1. The van der Waals surface area contributed by atoms with E-state index in [0.717, 1.165) is 30.6 Å². The molecule has 6 heteroatoms. The lowest BCUT2D eigenvalue weighted by Gasteiger charge is -2.47. The van der Waals surface area contributed by atoms with Crippen LogP contribution in [0.15, 0.2) is 41.0 Å². The molecule has 6 nitrogen and oxygen atoms in total. The molecular formula is C25H32N2O4. The molecule has 1 atom stereocenters. The molecule has 1 aromatic carbocycles. The highest BCUT2D eigenvalue weighted by Crippen LogP contribution is 2.46. The summed E-state index contributed by atoms with van der Waals surface area (Å²) < 4.78 is 11.8. The van der Waals surface area contributed by atoms with Crippen LogP contribution >= 0.6 is 0 Å². The van der Waals surface area contributed by atoms with Gasteiger partial charge in [0.15, 0.2) is 0 Å². The van der Waals surface area contributed by atoms with E-state index in [1.54, 1.807) is 12.3 Å². The molecule has 1 aromatic heterocycles. The van der Waals surface area contributed by atoms with Gasteiger partial charge in [0.05, 0.1) is 11.8 Å². The molecule has 0 bridgehead atoms. The second-order valence-electron chi connectivity index (χ2n) is 9.31. The third kappa shape index (κ3) is 4.63. The topological polar surface area (TPSA) is 71.8 Å². The maximum atomic E-state index is 12.9. The predicted molar refractivity (Wildman–Crippen MR) is 118 cm³/mol. The lowest BCUT2D eigenvalue weighted by atomic mass is 9.76. The predicted octanol–water partition coefficient (Wildman–Crippen LogP) is 4.29. The summed E-state index contributed by atoms with van der Waals surface area (Å²) in [7, 11) is 0. The average Bonchev–Trinajstić information content (AvgIpc) is 3.18. The van der Waals surface area contributed by atoms with Crippen molar-refractivity contribution in [1.29, 1.82) is 0 Å².